The molecule has 2 atom stereocenters. The van der Waals surface area contributed by atoms with Gasteiger partial charge in [0.25, 0.3) is 0 Å². The van der Waals surface area contributed by atoms with Crippen LogP contribution in [0.25, 0.3) is 0 Å². The van der Waals surface area contributed by atoms with Gasteiger partial charge in [-0.1, -0.05) is 13.8 Å². The Labute approximate surface area is 114 Å². The number of rotatable bonds is 9. The van der Waals surface area contributed by atoms with E-state index in [-0.39, 0.29) is 24.5 Å². The fraction of sp³-hybridized carbons (Fsp3) is 0.846. The van der Waals surface area contributed by atoms with Crippen molar-refractivity contribution < 1.29 is 19.4 Å². The second-order valence-electron chi connectivity index (χ2n) is 5.20. The van der Waals surface area contributed by atoms with Crippen molar-refractivity contribution in [2.24, 2.45) is 11.8 Å². The third-order valence-corrected chi connectivity index (χ3v) is 2.75. The van der Waals surface area contributed by atoms with E-state index in [0.29, 0.717) is 13.0 Å². The average Bonchev–Trinajstić information content (AvgIpc) is 2.31. The molecule has 0 rings (SSSR count). The molecule has 0 aliphatic rings. The van der Waals surface area contributed by atoms with Crippen LogP contribution >= 0.6 is 0 Å². The number of methoxy groups -OCH3 is 1. The van der Waals surface area contributed by atoms with E-state index in [1.165, 1.54) is 0 Å². The maximum Gasteiger partial charge on any atom is 0.315 e. The molecule has 0 aromatic heterocycles. The van der Waals surface area contributed by atoms with Crippen LogP contribution < -0.4 is 10.6 Å². The number of carboxylic acid groups (broad SMARTS) is 1. The molecule has 112 valence electrons. The Morgan fingerprint density at radius 2 is 1.89 bits per heavy atom. The molecule has 0 saturated heterocycles. The summed E-state index contributed by atoms with van der Waals surface area (Å²) in [7, 11) is 1.61. The molecule has 2 unspecified atom stereocenters. The van der Waals surface area contributed by atoms with Crippen molar-refractivity contribution in [2.45, 2.75) is 39.7 Å². The van der Waals surface area contributed by atoms with Crippen molar-refractivity contribution in [3.63, 3.8) is 0 Å². The van der Waals surface area contributed by atoms with Crippen LogP contribution in [0, 0.1) is 11.8 Å². The number of carbonyl (C=O) groups is 2. The van der Waals surface area contributed by atoms with Gasteiger partial charge in [0.05, 0.1) is 5.92 Å². The van der Waals surface area contributed by atoms with Gasteiger partial charge in [-0.25, -0.2) is 4.79 Å². The number of amides is 2. The van der Waals surface area contributed by atoms with Crippen molar-refractivity contribution in [2.75, 3.05) is 20.3 Å². The molecule has 6 nitrogen and oxygen atoms in total. The van der Waals surface area contributed by atoms with Crippen LogP contribution in [0.15, 0.2) is 0 Å². The average molecular weight is 274 g/mol. The minimum Gasteiger partial charge on any atom is -0.481 e. The summed E-state index contributed by atoms with van der Waals surface area (Å²) in [6.07, 6.45) is 1.27. The number of carbonyl (C=O) groups excluding carboxylic acids is 1. The van der Waals surface area contributed by atoms with E-state index in [9.17, 15) is 9.59 Å². The molecule has 0 fully saturated rings. The summed E-state index contributed by atoms with van der Waals surface area (Å²) in [4.78, 5) is 22.6. The van der Waals surface area contributed by atoms with Crippen LogP contribution in [-0.2, 0) is 9.53 Å². The van der Waals surface area contributed by atoms with Gasteiger partial charge >= 0.3 is 12.0 Å². The van der Waals surface area contributed by atoms with Crippen LogP contribution in [0.5, 0.6) is 0 Å². The molecule has 0 aromatic carbocycles. The minimum absolute atomic E-state index is 0.00618. The first-order valence-corrected chi connectivity index (χ1v) is 6.62. The Balaban J connectivity index is 4.01. The third kappa shape index (κ3) is 9.30. The van der Waals surface area contributed by atoms with Gasteiger partial charge in [0.1, 0.15) is 0 Å². The van der Waals surface area contributed by atoms with Gasteiger partial charge in [-0.2, -0.15) is 0 Å². The molecule has 0 radical (unpaired) electrons. The highest BCUT2D eigenvalue weighted by molar-refractivity contribution is 5.76. The van der Waals surface area contributed by atoms with Gasteiger partial charge in [-0.05, 0) is 25.7 Å². The Morgan fingerprint density at radius 3 is 2.37 bits per heavy atom. The van der Waals surface area contributed by atoms with Gasteiger partial charge < -0.3 is 20.5 Å². The molecule has 0 saturated carbocycles. The van der Waals surface area contributed by atoms with Crippen molar-refractivity contribution in [1.29, 1.82) is 0 Å². The van der Waals surface area contributed by atoms with Crippen LogP contribution in [-0.4, -0.2) is 43.4 Å². The van der Waals surface area contributed by atoms with E-state index in [0.717, 1.165) is 6.42 Å². The number of hydrogen-bond donors (Lipinski definition) is 3. The predicted octanol–water partition coefficient (Wildman–Crippen LogP) is 1.46. The molecule has 0 aromatic rings. The quantitative estimate of drug-likeness (QED) is 0.594. The molecule has 0 spiro atoms. The SMILES string of the molecule is COCCC(C)NC(=O)NCC(CC(C)C)C(=O)O. The number of urea groups is 1. The van der Waals surface area contributed by atoms with Crippen molar-refractivity contribution in [3.8, 4) is 0 Å². The summed E-state index contributed by atoms with van der Waals surface area (Å²) in [6, 6.07) is -0.341. The fourth-order valence-corrected chi connectivity index (χ4v) is 1.70. The zero-order chi connectivity index (χ0) is 14.8. The number of carboxylic acids is 1. The van der Waals surface area contributed by atoms with Gasteiger partial charge in [0, 0.05) is 26.3 Å². The van der Waals surface area contributed by atoms with E-state index in [4.69, 9.17) is 9.84 Å². The van der Waals surface area contributed by atoms with Crippen molar-refractivity contribution >= 4 is 12.0 Å². The molecule has 0 bridgehead atoms. The van der Waals surface area contributed by atoms with Gasteiger partial charge in [0.15, 0.2) is 0 Å². The van der Waals surface area contributed by atoms with Gasteiger partial charge in [-0.3, -0.25) is 4.79 Å². The summed E-state index contributed by atoms with van der Waals surface area (Å²) < 4.78 is 4.92. The summed E-state index contributed by atoms with van der Waals surface area (Å²) >= 11 is 0. The maximum atomic E-state index is 11.6. The molecule has 0 aliphatic heterocycles. The highest BCUT2D eigenvalue weighted by atomic mass is 16.5. The standard InChI is InChI=1S/C13H26N2O4/c1-9(2)7-11(12(16)17)8-14-13(18)15-10(3)5-6-19-4/h9-11H,5-8H2,1-4H3,(H,16,17)(H2,14,15,18). The van der Waals surface area contributed by atoms with Crippen molar-refractivity contribution in [3.05, 3.63) is 0 Å². The Kier molecular flexibility index (Phi) is 8.95. The molecule has 19 heavy (non-hydrogen) atoms. The van der Waals surface area contributed by atoms with Crippen molar-refractivity contribution in [1.82, 2.24) is 10.6 Å². The number of aliphatic carboxylic acids is 1. The summed E-state index contributed by atoms with van der Waals surface area (Å²) in [6.45, 7) is 6.52. The first kappa shape index (κ1) is 17.7. The molecular weight excluding hydrogens is 248 g/mol. The Morgan fingerprint density at radius 1 is 1.26 bits per heavy atom. The van der Waals surface area contributed by atoms with Gasteiger partial charge in [0.2, 0.25) is 0 Å². The topological polar surface area (TPSA) is 87.7 Å². The molecule has 2 amide bonds. The van der Waals surface area contributed by atoms with E-state index in [1.54, 1.807) is 7.11 Å². The van der Waals surface area contributed by atoms with E-state index in [1.807, 2.05) is 20.8 Å². The monoisotopic (exact) mass is 274 g/mol. The normalized spacial score (nSPS) is 13.9. The smallest absolute Gasteiger partial charge is 0.315 e. The van der Waals surface area contributed by atoms with Crippen LogP contribution in [0.4, 0.5) is 4.79 Å². The lowest BCUT2D eigenvalue weighted by Gasteiger charge is -2.17. The summed E-state index contributed by atoms with van der Waals surface area (Å²) in [5.41, 5.74) is 0. The summed E-state index contributed by atoms with van der Waals surface area (Å²) in [5, 5.41) is 14.4. The lowest BCUT2D eigenvalue weighted by atomic mass is 9.97. The second kappa shape index (κ2) is 9.61. The predicted molar refractivity (Wildman–Crippen MR) is 73.1 cm³/mol. The second-order valence-corrected chi connectivity index (χ2v) is 5.20. The Bertz CT molecular complexity index is 282. The maximum absolute atomic E-state index is 11.6. The van der Waals surface area contributed by atoms with Crippen LogP contribution in [0.2, 0.25) is 0 Å². The highest BCUT2D eigenvalue weighted by Gasteiger charge is 2.19. The van der Waals surface area contributed by atoms with Crippen LogP contribution in [0.3, 0.4) is 0 Å². The first-order valence-electron chi connectivity index (χ1n) is 6.62. The largest absolute Gasteiger partial charge is 0.481 e. The van der Waals surface area contributed by atoms with E-state index in [2.05, 4.69) is 10.6 Å². The molecule has 6 heteroatoms. The number of nitrogens with one attached hydrogen (secondary N) is 2. The summed E-state index contributed by atoms with van der Waals surface area (Å²) in [5.74, 6) is -1.13. The number of hydrogen-bond acceptors (Lipinski definition) is 3. The van der Waals surface area contributed by atoms with E-state index < -0.39 is 11.9 Å². The molecule has 3 N–H and O–H groups in total. The molecule has 0 aliphatic carbocycles. The lowest BCUT2D eigenvalue weighted by molar-refractivity contribution is -0.142. The number of ether oxygens (including phenoxy) is 1. The fourth-order valence-electron chi connectivity index (χ4n) is 1.70. The molecular formula is C13H26N2O4. The zero-order valence-corrected chi connectivity index (χ0v) is 12.2. The minimum atomic E-state index is -0.874. The third-order valence-electron chi connectivity index (χ3n) is 2.75. The molecule has 0 heterocycles. The lowest BCUT2D eigenvalue weighted by Crippen LogP contribution is -2.44. The van der Waals surface area contributed by atoms with E-state index >= 15 is 0 Å². The van der Waals surface area contributed by atoms with Crippen LogP contribution in [0.1, 0.15) is 33.6 Å². The highest BCUT2D eigenvalue weighted by Crippen LogP contribution is 2.10. The van der Waals surface area contributed by atoms with Gasteiger partial charge in [-0.15, -0.1) is 0 Å². The zero-order valence-electron chi connectivity index (χ0n) is 12.2. The Hall–Kier alpha value is -1.30. The first-order chi connectivity index (χ1) is 8.86.